The third-order valence-corrected chi connectivity index (χ3v) is 5.42. The van der Waals surface area contributed by atoms with Gasteiger partial charge in [0.15, 0.2) is 0 Å². The maximum atomic E-state index is 12.4. The second kappa shape index (κ2) is 6.90. The molecule has 2 N–H and O–H groups in total. The molecule has 0 radical (unpaired) electrons. The zero-order valence-corrected chi connectivity index (χ0v) is 13.6. The third kappa shape index (κ3) is 4.53. The average molecular weight is 311 g/mol. The molecule has 0 heterocycles. The first-order chi connectivity index (χ1) is 9.88. The molecule has 1 aliphatic rings. The number of sulfonamides is 1. The van der Waals surface area contributed by atoms with Gasteiger partial charge in [-0.25, -0.2) is 13.1 Å². The lowest BCUT2D eigenvalue weighted by atomic mass is 9.93. The van der Waals surface area contributed by atoms with Gasteiger partial charge in [-0.05, 0) is 42.9 Å². The van der Waals surface area contributed by atoms with Gasteiger partial charge in [0.1, 0.15) is 0 Å². The topological polar surface area (TPSA) is 66.4 Å². The lowest BCUT2D eigenvalue weighted by Crippen LogP contribution is -2.44. The minimum atomic E-state index is -3.55. The van der Waals surface area contributed by atoms with Gasteiger partial charge in [-0.1, -0.05) is 38.8 Å². The lowest BCUT2D eigenvalue weighted by Gasteiger charge is -2.28. The number of rotatable bonds is 5. The van der Waals surface area contributed by atoms with E-state index in [1.807, 2.05) is 12.1 Å². The first-order valence-corrected chi connectivity index (χ1v) is 9.16. The van der Waals surface area contributed by atoms with Crippen molar-refractivity contribution in [1.82, 2.24) is 4.72 Å². The van der Waals surface area contributed by atoms with E-state index in [0.29, 0.717) is 18.8 Å². The predicted molar refractivity (Wildman–Crippen MR) is 83.6 cm³/mol. The first-order valence-electron chi connectivity index (χ1n) is 7.68. The van der Waals surface area contributed by atoms with Gasteiger partial charge < -0.3 is 5.11 Å². The largest absolute Gasteiger partial charge is 0.391 e. The van der Waals surface area contributed by atoms with Crippen molar-refractivity contribution in [2.45, 2.75) is 63.0 Å². The van der Waals surface area contributed by atoms with E-state index in [4.69, 9.17) is 0 Å². The fraction of sp³-hybridized carbons (Fsp3) is 0.625. The second-order valence-electron chi connectivity index (χ2n) is 6.32. The molecule has 0 saturated heterocycles. The Morgan fingerprint density at radius 2 is 1.81 bits per heavy atom. The molecule has 1 fully saturated rings. The molecule has 21 heavy (non-hydrogen) atoms. The lowest BCUT2D eigenvalue weighted by molar-refractivity contribution is 0.101. The summed E-state index contributed by atoms with van der Waals surface area (Å²) >= 11 is 0. The van der Waals surface area contributed by atoms with E-state index in [9.17, 15) is 13.5 Å². The van der Waals surface area contributed by atoms with Crippen LogP contribution in [0.1, 0.15) is 45.1 Å². The molecule has 0 unspecified atom stereocenters. The fourth-order valence-electron chi connectivity index (χ4n) is 2.79. The summed E-state index contributed by atoms with van der Waals surface area (Å²) in [5.41, 5.74) is 1.14. The number of benzene rings is 1. The summed E-state index contributed by atoms with van der Waals surface area (Å²) < 4.78 is 27.4. The maximum absolute atomic E-state index is 12.4. The van der Waals surface area contributed by atoms with E-state index < -0.39 is 16.1 Å². The first kappa shape index (κ1) is 16.5. The minimum Gasteiger partial charge on any atom is -0.391 e. The van der Waals surface area contributed by atoms with Crippen molar-refractivity contribution in [3.8, 4) is 0 Å². The van der Waals surface area contributed by atoms with Crippen LogP contribution in [0, 0.1) is 5.92 Å². The number of nitrogens with one attached hydrogen (secondary N) is 1. The highest BCUT2D eigenvalue weighted by atomic mass is 32.2. The van der Waals surface area contributed by atoms with Crippen LogP contribution in [0.15, 0.2) is 29.2 Å². The summed E-state index contributed by atoms with van der Waals surface area (Å²) in [5.74, 6) is 0.544. The summed E-state index contributed by atoms with van der Waals surface area (Å²) in [6.07, 6.45) is 3.65. The molecule has 1 aliphatic carbocycles. The highest BCUT2D eigenvalue weighted by Gasteiger charge is 2.27. The van der Waals surface area contributed by atoms with Crippen LogP contribution in [0.2, 0.25) is 0 Å². The Kier molecular flexibility index (Phi) is 5.41. The Balaban J connectivity index is 2.08. The van der Waals surface area contributed by atoms with Crippen LogP contribution in [0.3, 0.4) is 0 Å². The highest BCUT2D eigenvalue weighted by Crippen LogP contribution is 2.21. The molecule has 1 aromatic carbocycles. The Morgan fingerprint density at radius 3 is 2.38 bits per heavy atom. The van der Waals surface area contributed by atoms with Crippen molar-refractivity contribution in [1.29, 1.82) is 0 Å². The molecule has 0 bridgehead atoms. The molecule has 4 nitrogen and oxygen atoms in total. The molecule has 0 aromatic heterocycles. The van der Waals surface area contributed by atoms with Gasteiger partial charge in [0.2, 0.25) is 10.0 Å². The summed E-state index contributed by atoms with van der Waals surface area (Å²) in [4.78, 5) is 0.271. The standard InChI is InChI=1S/C16H25NO3S/c1-12(2)11-13-7-9-14(10-8-13)21(19,20)17-15-5-3-4-6-16(15)18/h7-10,12,15-18H,3-6,11H2,1-2H3/t15-,16-/m1/s1. The molecule has 0 amide bonds. The summed E-state index contributed by atoms with van der Waals surface area (Å²) in [7, 11) is -3.55. The van der Waals surface area contributed by atoms with Gasteiger partial charge in [0.05, 0.1) is 11.0 Å². The molecule has 2 atom stereocenters. The van der Waals surface area contributed by atoms with E-state index in [1.165, 1.54) is 0 Å². The molecule has 1 aromatic rings. The number of hydrogen-bond donors (Lipinski definition) is 2. The van der Waals surface area contributed by atoms with E-state index >= 15 is 0 Å². The zero-order valence-electron chi connectivity index (χ0n) is 12.7. The Labute approximate surface area is 127 Å². The van der Waals surface area contributed by atoms with E-state index in [0.717, 1.165) is 24.8 Å². The van der Waals surface area contributed by atoms with Crippen LogP contribution >= 0.6 is 0 Å². The van der Waals surface area contributed by atoms with E-state index in [2.05, 4.69) is 18.6 Å². The number of aliphatic hydroxyl groups excluding tert-OH is 1. The summed E-state index contributed by atoms with van der Waals surface area (Å²) in [6.45, 7) is 4.27. The normalized spacial score (nSPS) is 23.4. The van der Waals surface area contributed by atoms with Gasteiger partial charge in [0, 0.05) is 6.04 Å². The Hall–Kier alpha value is -0.910. The number of hydrogen-bond acceptors (Lipinski definition) is 3. The van der Waals surface area contributed by atoms with Crippen LogP contribution in [-0.2, 0) is 16.4 Å². The second-order valence-corrected chi connectivity index (χ2v) is 8.04. The summed E-state index contributed by atoms with van der Waals surface area (Å²) in [5, 5.41) is 9.90. The van der Waals surface area contributed by atoms with Crippen LogP contribution < -0.4 is 4.72 Å². The molecule has 2 rings (SSSR count). The third-order valence-electron chi connectivity index (χ3n) is 3.91. The Morgan fingerprint density at radius 1 is 1.19 bits per heavy atom. The van der Waals surface area contributed by atoms with E-state index in [-0.39, 0.29) is 10.9 Å². The van der Waals surface area contributed by atoms with Crippen LogP contribution in [0.4, 0.5) is 0 Å². The van der Waals surface area contributed by atoms with Gasteiger partial charge in [-0.2, -0.15) is 0 Å². The molecule has 118 valence electrons. The van der Waals surface area contributed by atoms with E-state index in [1.54, 1.807) is 12.1 Å². The smallest absolute Gasteiger partial charge is 0.240 e. The minimum absolute atomic E-state index is 0.271. The molecular formula is C16H25NO3S. The van der Waals surface area contributed by atoms with Crippen molar-refractivity contribution < 1.29 is 13.5 Å². The quantitative estimate of drug-likeness (QED) is 0.878. The summed E-state index contributed by atoms with van der Waals surface area (Å²) in [6, 6.07) is 6.67. The highest BCUT2D eigenvalue weighted by molar-refractivity contribution is 7.89. The van der Waals surface area contributed by atoms with Crippen LogP contribution in [0.5, 0.6) is 0 Å². The average Bonchev–Trinajstić information content (AvgIpc) is 2.41. The molecule has 1 saturated carbocycles. The monoisotopic (exact) mass is 311 g/mol. The zero-order chi connectivity index (χ0) is 15.5. The maximum Gasteiger partial charge on any atom is 0.240 e. The molecule has 0 spiro atoms. The van der Waals surface area contributed by atoms with Crippen molar-refractivity contribution in [2.75, 3.05) is 0 Å². The molecular weight excluding hydrogens is 286 g/mol. The van der Waals surface area contributed by atoms with Crippen molar-refractivity contribution in [2.24, 2.45) is 5.92 Å². The fourth-order valence-corrected chi connectivity index (χ4v) is 4.10. The Bertz CT molecular complexity index is 551. The molecule has 0 aliphatic heterocycles. The van der Waals surface area contributed by atoms with Gasteiger partial charge in [-0.15, -0.1) is 0 Å². The van der Waals surface area contributed by atoms with Gasteiger partial charge in [-0.3, -0.25) is 0 Å². The van der Waals surface area contributed by atoms with Crippen molar-refractivity contribution >= 4 is 10.0 Å². The number of aliphatic hydroxyl groups is 1. The van der Waals surface area contributed by atoms with Gasteiger partial charge in [0.25, 0.3) is 0 Å². The SMILES string of the molecule is CC(C)Cc1ccc(S(=O)(=O)N[C@@H]2CCCC[C@H]2O)cc1. The van der Waals surface area contributed by atoms with Crippen LogP contribution in [0.25, 0.3) is 0 Å². The van der Waals surface area contributed by atoms with Crippen molar-refractivity contribution in [3.63, 3.8) is 0 Å². The predicted octanol–water partition coefficient (Wildman–Crippen LogP) is 2.47. The van der Waals surface area contributed by atoms with Crippen LogP contribution in [-0.4, -0.2) is 25.7 Å². The van der Waals surface area contributed by atoms with Gasteiger partial charge >= 0.3 is 0 Å². The molecule has 5 heteroatoms. The van der Waals surface area contributed by atoms with Crippen molar-refractivity contribution in [3.05, 3.63) is 29.8 Å².